The number of halogens is 1. The molecule has 1 N–H and O–H groups in total. The molecule has 4 fully saturated rings. The van der Waals surface area contributed by atoms with Gasteiger partial charge in [-0.1, -0.05) is 60.1 Å². The molecule has 0 saturated heterocycles. The van der Waals surface area contributed by atoms with Gasteiger partial charge in [0.25, 0.3) is 0 Å². The molecular formula is C35H60INO3. The summed E-state index contributed by atoms with van der Waals surface area (Å²) in [5.74, 6) is 2.71. The van der Waals surface area contributed by atoms with Crippen molar-refractivity contribution in [2.24, 2.45) is 56.7 Å². The summed E-state index contributed by atoms with van der Waals surface area (Å²) in [5, 5.41) is 11.0. The van der Waals surface area contributed by atoms with Crippen molar-refractivity contribution < 1.29 is 43.1 Å². The van der Waals surface area contributed by atoms with E-state index in [0.29, 0.717) is 36.2 Å². The molecule has 0 aromatic heterocycles. The number of quaternary nitrogens is 1. The molecule has 4 nitrogen and oxygen atoms in total. The number of nitrogens with zero attached hydrogens (tertiary/aromatic N) is 1. The maximum Gasteiger partial charge on any atom is 0.312 e. The van der Waals surface area contributed by atoms with Crippen LogP contribution >= 0.6 is 0 Å². The fraction of sp³-hybridized carbons (Fsp3) is 0.914. The molecule has 0 radical (unpaired) electrons. The first kappa shape index (κ1) is 32.8. The van der Waals surface area contributed by atoms with Gasteiger partial charge in [0.15, 0.2) is 0 Å². The topological polar surface area (TPSA) is 46.5 Å². The van der Waals surface area contributed by atoms with E-state index in [4.69, 9.17) is 4.74 Å². The van der Waals surface area contributed by atoms with E-state index in [1.807, 2.05) is 0 Å². The lowest BCUT2D eigenvalue weighted by Crippen LogP contribution is -3.00. The fourth-order valence-corrected chi connectivity index (χ4v) is 11.4. The van der Waals surface area contributed by atoms with E-state index in [-0.39, 0.29) is 63.1 Å². The second kappa shape index (κ2) is 10.5. The maximum absolute atomic E-state index is 14.1. The van der Waals surface area contributed by atoms with Crippen molar-refractivity contribution in [1.82, 2.24) is 0 Å². The number of carbonyl (C=O) groups is 1. The molecular weight excluding hydrogens is 609 g/mol. The number of allylic oxidation sites excluding steroid dienone is 2. The van der Waals surface area contributed by atoms with Crippen molar-refractivity contribution in [3.63, 3.8) is 0 Å². The average Bonchev–Trinajstić information content (AvgIpc) is 2.83. The van der Waals surface area contributed by atoms with Crippen LogP contribution in [0.4, 0.5) is 0 Å². The second-order valence-corrected chi connectivity index (χ2v) is 17.3. The highest BCUT2D eigenvalue weighted by Gasteiger charge is 2.69. The van der Waals surface area contributed by atoms with Gasteiger partial charge in [-0.25, -0.2) is 0 Å². The highest BCUT2D eigenvalue weighted by atomic mass is 127. The van der Waals surface area contributed by atoms with Gasteiger partial charge >= 0.3 is 5.97 Å². The molecule has 0 amide bonds. The van der Waals surface area contributed by atoms with Crippen LogP contribution in [0.5, 0.6) is 0 Å². The molecule has 0 aromatic carbocycles. The van der Waals surface area contributed by atoms with Crippen LogP contribution < -0.4 is 24.0 Å². The SMILES string of the molecule is C[C@H]1[C@H](C)CC[C@]2(C(=O)OCC[N+](C)(C)C)CC[C@]3(C)C(=CC[C@@H]4[C@@]5(C)CC[C@H](O)C(C)(C)[C@@H]5CC[C@]43C)[C@H]12.[I-]. The van der Waals surface area contributed by atoms with Gasteiger partial charge in [0, 0.05) is 0 Å². The lowest BCUT2D eigenvalue weighted by atomic mass is 9.33. The van der Waals surface area contributed by atoms with E-state index in [1.54, 1.807) is 5.57 Å². The number of aliphatic hydroxyl groups excluding tert-OH is 1. The smallest absolute Gasteiger partial charge is 0.312 e. The first-order chi connectivity index (χ1) is 17.9. The summed E-state index contributed by atoms with van der Waals surface area (Å²) in [5.41, 5.74) is 1.83. The van der Waals surface area contributed by atoms with Crippen LogP contribution in [0.15, 0.2) is 11.6 Å². The molecule has 0 aromatic rings. The summed E-state index contributed by atoms with van der Waals surface area (Å²) in [4.78, 5) is 14.1. The van der Waals surface area contributed by atoms with Gasteiger partial charge < -0.3 is 38.3 Å². The van der Waals surface area contributed by atoms with Gasteiger partial charge in [0.2, 0.25) is 0 Å². The summed E-state index contributed by atoms with van der Waals surface area (Å²) < 4.78 is 6.97. The molecule has 0 bridgehead atoms. The van der Waals surface area contributed by atoms with Gasteiger partial charge in [-0.05, 0) is 109 Å². The number of ether oxygens (including phenoxy) is 1. The number of esters is 1. The number of carbonyl (C=O) groups excluding carboxylic acids is 1. The highest BCUT2D eigenvalue weighted by molar-refractivity contribution is 5.79. The quantitative estimate of drug-likeness (QED) is 0.211. The van der Waals surface area contributed by atoms with Gasteiger partial charge in [-0.2, -0.15) is 0 Å². The predicted octanol–water partition coefficient (Wildman–Crippen LogP) is 4.26. The molecule has 5 aliphatic carbocycles. The molecule has 0 heterocycles. The van der Waals surface area contributed by atoms with E-state index in [2.05, 4.69) is 75.7 Å². The monoisotopic (exact) mass is 669 g/mol. The van der Waals surface area contributed by atoms with E-state index in [9.17, 15) is 9.90 Å². The van der Waals surface area contributed by atoms with Crippen molar-refractivity contribution in [2.45, 2.75) is 112 Å². The molecule has 0 spiro atoms. The first-order valence-corrected chi connectivity index (χ1v) is 16.3. The number of likely N-dealkylation sites (N-methyl/N-ethyl adjacent to an activating group) is 1. The summed E-state index contributed by atoms with van der Waals surface area (Å²) in [6.45, 7) is 18.7. The third-order valence-corrected chi connectivity index (χ3v) is 14.4. The number of rotatable bonds is 4. The Bertz CT molecular complexity index is 1020. The zero-order valence-electron chi connectivity index (χ0n) is 27.4. The molecule has 230 valence electrons. The molecule has 40 heavy (non-hydrogen) atoms. The lowest BCUT2D eigenvalue weighted by molar-refractivity contribution is -0.870. The first-order valence-electron chi connectivity index (χ1n) is 16.3. The van der Waals surface area contributed by atoms with Gasteiger partial charge in [-0.3, -0.25) is 4.79 Å². The molecule has 5 rings (SSSR count). The minimum Gasteiger partial charge on any atom is -1.00 e. The summed E-state index contributed by atoms with van der Waals surface area (Å²) in [6.07, 6.45) is 12.3. The standard InChI is InChI=1S/C35H60NO3.HI/c1-23-13-18-35(30(38)39-22-21-36(8,9)10)20-19-33(6)25(29(35)24(23)2)11-12-27-32(5)16-15-28(37)31(3,4)26(32)14-17-34(27,33)7;/h11,23-24,26-29,37H,12-22H2,1-10H3;1H/q+1;/p-1/t23-,24+,26+,27-,28+,29+,32+,33-,34-,35+;/m1./s1. The van der Waals surface area contributed by atoms with Gasteiger partial charge in [0.05, 0.1) is 32.7 Å². The number of fused-ring (bicyclic) bond motifs is 7. The Morgan fingerprint density at radius 1 is 0.950 bits per heavy atom. The third-order valence-electron chi connectivity index (χ3n) is 14.4. The van der Waals surface area contributed by atoms with Crippen molar-refractivity contribution in [3.05, 3.63) is 11.6 Å². The van der Waals surface area contributed by atoms with Crippen LogP contribution in [0.25, 0.3) is 0 Å². The minimum atomic E-state index is -0.358. The van der Waals surface area contributed by atoms with Crippen LogP contribution in [0.3, 0.4) is 0 Å². The van der Waals surface area contributed by atoms with Crippen LogP contribution in [0.1, 0.15) is 106 Å². The van der Waals surface area contributed by atoms with Crippen molar-refractivity contribution in [2.75, 3.05) is 34.3 Å². The van der Waals surface area contributed by atoms with E-state index in [1.165, 1.54) is 12.8 Å². The van der Waals surface area contributed by atoms with Crippen molar-refractivity contribution in [3.8, 4) is 0 Å². The predicted molar refractivity (Wildman–Crippen MR) is 159 cm³/mol. The minimum absolute atomic E-state index is 0. The van der Waals surface area contributed by atoms with E-state index < -0.39 is 0 Å². The van der Waals surface area contributed by atoms with Crippen LogP contribution in [-0.4, -0.2) is 56.0 Å². The zero-order valence-corrected chi connectivity index (χ0v) is 29.6. The lowest BCUT2D eigenvalue weighted by Gasteiger charge is -2.71. The molecule has 5 heteroatoms. The third kappa shape index (κ3) is 4.59. The second-order valence-electron chi connectivity index (χ2n) is 17.3. The van der Waals surface area contributed by atoms with E-state index >= 15 is 0 Å². The molecule has 0 unspecified atom stereocenters. The molecule has 0 aliphatic heterocycles. The highest BCUT2D eigenvalue weighted by Crippen LogP contribution is 2.75. The Hall–Kier alpha value is -0.140. The van der Waals surface area contributed by atoms with Gasteiger partial charge in [0.1, 0.15) is 13.2 Å². The Labute approximate surface area is 263 Å². The normalized spacial score (nSPS) is 47.8. The zero-order chi connectivity index (χ0) is 28.8. The fourth-order valence-electron chi connectivity index (χ4n) is 11.4. The number of aliphatic hydroxyl groups is 1. The molecule has 5 aliphatic rings. The van der Waals surface area contributed by atoms with Gasteiger partial charge in [-0.15, -0.1) is 0 Å². The number of hydrogen-bond donors (Lipinski definition) is 1. The van der Waals surface area contributed by atoms with Crippen molar-refractivity contribution >= 4 is 5.97 Å². The maximum atomic E-state index is 14.1. The largest absolute Gasteiger partial charge is 1.00 e. The Morgan fingerprint density at radius 3 is 2.27 bits per heavy atom. The van der Waals surface area contributed by atoms with Crippen molar-refractivity contribution in [1.29, 1.82) is 0 Å². The van der Waals surface area contributed by atoms with E-state index in [0.717, 1.165) is 56.0 Å². The number of hydrogen-bond acceptors (Lipinski definition) is 3. The van der Waals surface area contributed by atoms with Crippen LogP contribution in [0.2, 0.25) is 0 Å². The molecule has 4 saturated carbocycles. The Morgan fingerprint density at radius 2 is 1.62 bits per heavy atom. The summed E-state index contributed by atoms with van der Waals surface area (Å²) in [7, 11) is 6.50. The average molecular weight is 670 g/mol. The Balaban J connectivity index is 0.00000370. The summed E-state index contributed by atoms with van der Waals surface area (Å²) in [6, 6.07) is 0. The summed E-state index contributed by atoms with van der Waals surface area (Å²) >= 11 is 0. The molecule has 10 atom stereocenters. The Kier molecular flexibility index (Phi) is 8.60. The van der Waals surface area contributed by atoms with Crippen LogP contribution in [-0.2, 0) is 9.53 Å². The van der Waals surface area contributed by atoms with Crippen LogP contribution in [0, 0.1) is 56.7 Å².